The Morgan fingerprint density at radius 2 is 2.12 bits per heavy atom. The van der Waals surface area contributed by atoms with Crippen molar-refractivity contribution in [1.29, 1.82) is 0 Å². The number of aromatic nitrogens is 2. The number of alkyl halides is 3. The summed E-state index contributed by atoms with van der Waals surface area (Å²) < 4.78 is 51.5. The lowest BCUT2D eigenvalue weighted by Crippen LogP contribution is -2.44. The molecule has 1 fully saturated rings. The van der Waals surface area contributed by atoms with E-state index in [2.05, 4.69) is 10.3 Å². The monoisotopic (exact) mass is 464 g/mol. The summed E-state index contributed by atoms with van der Waals surface area (Å²) in [5, 5.41) is 2.74. The zero-order chi connectivity index (χ0) is 23.6. The highest BCUT2D eigenvalue weighted by Gasteiger charge is 2.32. The Kier molecular flexibility index (Phi) is 6.30. The number of benzene rings is 1. The van der Waals surface area contributed by atoms with Crippen LogP contribution < -0.4 is 5.32 Å². The van der Waals surface area contributed by atoms with E-state index in [0.29, 0.717) is 30.7 Å². The van der Waals surface area contributed by atoms with Crippen molar-refractivity contribution in [2.45, 2.75) is 32.5 Å². The van der Waals surface area contributed by atoms with Crippen molar-refractivity contribution in [3.05, 3.63) is 47.9 Å². The molecule has 0 aliphatic carbocycles. The fourth-order valence-corrected chi connectivity index (χ4v) is 3.90. The van der Waals surface area contributed by atoms with Crippen LogP contribution in [0, 0.1) is 5.92 Å². The second kappa shape index (κ2) is 9.16. The Labute approximate surface area is 187 Å². The molecule has 2 aromatic heterocycles. The van der Waals surface area contributed by atoms with Crippen LogP contribution in [-0.4, -0.2) is 46.1 Å². The molecule has 0 radical (unpaired) electrons. The maximum absolute atomic E-state index is 13.2. The predicted octanol–water partition coefficient (Wildman–Crippen LogP) is 4.50. The largest absolute Gasteiger partial charge is 0.467 e. The number of amides is 2. The molecule has 1 aliphatic heterocycles. The van der Waals surface area contributed by atoms with Gasteiger partial charge in [-0.3, -0.25) is 10.1 Å². The van der Waals surface area contributed by atoms with Gasteiger partial charge in [0.1, 0.15) is 5.76 Å². The van der Waals surface area contributed by atoms with Crippen molar-refractivity contribution in [2.75, 3.05) is 25.0 Å². The number of carbonyl (C=O) groups excluding carboxylic acids is 2. The summed E-state index contributed by atoms with van der Waals surface area (Å²) in [4.78, 5) is 30.8. The summed E-state index contributed by atoms with van der Waals surface area (Å²) in [5.41, 5.74) is -0.303. The number of ether oxygens (including phenoxy) is 1. The highest BCUT2D eigenvalue weighted by Crippen LogP contribution is 2.32. The van der Waals surface area contributed by atoms with Crippen LogP contribution in [0.2, 0.25) is 0 Å². The number of piperidine rings is 1. The van der Waals surface area contributed by atoms with Crippen molar-refractivity contribution in [2.24, 2.45) is 5.92 Å². The van der Waals surface area contributed by atoms with Crippen molar-refractivity contribution in [3.8, 4) is 0 Å². The van der Waals surface area contributed by atoms with Gasteiger partial charge in [-0.25, -0.2) is 9.78 Å². The third-order valence-corrected chi connectivity index (χ3v) is 5.52. The Balaban J connectivity index is 1.61. The van der Waals surface area contributed by atoms with Gasteiger partial charge in [-0.1, -0.05) is 0 Å². The number of rotatable bonds is 5. The van der Waals surface area contributed by atoms with E-state index >= 15 is 0 Å². The zero-order valence-corrected chi connectivity index (χ0v) is 17.9. The molecule has 1 N–H and O–H groups in total. The van der Waals surface area contributed by atoms with E-state index in [4.69, 9.17) is 9.15 Å². The van der Waals surface area contributed by atoms with E-state index < -0.39 is 23.8 Å². The van der Waals surface area contributed by atoms with E-state index in [1.165, 1.54) is 17.2 Å². The minimum atomic E-state index is -4.51. The van der Waals surface area contributed by atoms with Gasteiger partial charge >= 0.3 is 12.3 Å². The summed E-state index contributed by atoms with van der Waals surface area (Å²) in [6.07, 6.45) is -2.30. The van der Waals surface area contributed by atoms with Crippen LogP contribution in [0.25, 0.3) is 11.0 Å². The molecule has 1 aromatic carbocycles. The number of carbonyl (C=O) groups is 2. The standard InChI is InChI=1S/C22H23F3N4O4/c1-2-32-21(31)28-9-3-5-14(12-28)19(30)27-20-26-17-11-15(22(23,24)25)7-8-18(17)29(20)13-16-6-4-10-33-16/h4,6-8,10-11,14H,2-3,5,9,12-13H2,1H3,(H,26,27,30). The SMILES string of the molecule is CCOC(=O)N1CCCC(C(=O)Nc2nc3cc(C(F)(F)F)ccc3n2Cc2ccco2)C1. The van der Waals surface area contributed by atoms with Crippen LogP contribution in [0.4, 0.5) is 23.9 Å². The number of halogens is 3. The lowest BCUT2D eigenvalue weighted by molar-refractivity contribution is -0.137. The average Bonchev–Trinajstić information content (AvgIpc) is 3.41. The number of imidazole rings is 1. The Bertz CT molecular complexity index is 1140. The topological polar surface area (TPSA) is 89.6 Å². The first-order valence-electron chi connectivity index (χ1n) is 10.6. The number of nitrogens with one attached hydrogen (secondary N) is 1. The summed E-state index contributed by atoms with van der Waals surface area (Å²) >= 11 is 0. The number of furan rings is 1. The number of fused-ring (bicyclic) bond motifs is 1. The summed E-state index contributed by atoms with van der Waals surface area (Å²) in [6.45, 7) is 2.81. The molecular weight excluding hydrogens is 441 g/mol. The van der Waals surface area contributed by atoms with Crippen LogP contribution in [-0.2, 0) is 22.3 Å². The minimum Gasteiger partial charge on any atom is -0.467 e. The molecule has 0 spiro atoms. The normalized spacial score (nSPS) is 16.7. The smallest absolute Gasteiger partial charge is 0.416 e. The van der Waals surface area contributed by atoms with Gasteiger partial charge in [0.05, 0.1) is 41.9 Å². The number of likely N-dealkylation sites (tertiary alicyclic amines) is 1. The number of nitrogens with zero attached hydrogens (tertiary/aromatic N) is 3. The molecule has 3 aromatic rings. The molecule has 3 heterocycles. The average molecular weight is 464 g/mol. The third kappa shape index (κ3) is 4.96. The highest BCUT2D eigenvalue weighted by atomic mass is 19.4. The summed E-state index contributed by atoms with van der Waals surface area (Å²) in [7, 11) is 0. The quantitative estimate of drug-likeness (QED) is 0.601. The van der Waals surface area contributed by atoms with Gasteiger partial charge in [0.15, 0.2) is 0 Å². The van der Waals surface area contributed by atoms with Crippen LogP contribution in [0.3, 0.4) is 0 Å². The van der Waals surface area contributed by atoms with Gasteiger partial charge in [0, 0.05) is 13.1 Å². The predicted molar refractivity (Wildman–Crippen MR) is 112 cm³/mol. The van der Waals surface area contributed by atoms with Crippen molar-refractivity contribution < 1.29 is 31.9 Å². The lowest BCUT2D eigenvalue weighted by atomic mass is 9.97. The minimum absolute atomic E-state index is 0.100. The van der Waals surface area contributed by atoms with Gasteiger partial charge in [-0.05, 0) is 50.1 Å². The Hall–Kier alpha value is -3.50. The Morgan fingerprint density at radius 1 is 1.30 bits per heavy atom. The fraction of sp³-hybridized carbons (Fsp3) is 0.409. The lowest BCUT2D eigenvalue weighted by Gasteiger charge is -2.31. The number of hydrogen-bond acceptors (Lipinski definition) is 5. The van der Waals surface area contributed by atoms with Crippen molar-refractivity contribution in [1.82, 2.24) is 14.5 Å². The van der Waals surface area contributed by atoms with E-state index in [0.717, 1.165) is 12.1 Å². The van der Waals surface area contributed by atoms with Crippen molar-refractivity contribution >= 4 is 29.0 Å². The number of anilines is 1. The first-order chi connectivity index (χ1) is 15.8. The van der Waals surface area contributed by atoms with E-state index in [-0.39, 0.29) is 37.1 Å². The molecule has 1 atom stereocenters. The molecule has 8 nitrogen and oxygen atoms in total. The maximum Gasteiger partial charge on any atom is 0.416 e. The van der Waals surface area contributed by atoms with Crippen molar-refractivity contribution in [3.63, 3.8) is 0 Å². The molecule has 0 saturated carbocycles. The molecule has 1 unspecified atom stereocenters. The molecular formula is C22H23F3N4O4. The van der Waals surface area contributed by atoms with Crippen LogP contribution in [0.5, 0.6) is 0 Å². The second-order valence-corrected chi connectivity index (χ2v) is 7.78. The summed E-state index contributed by atoms with van der Waals surface area (Å²) in [5.74, 6) is -0.198. The maximum atomic E-state index is 13.2. The molecule has 0 bridgehead atoms. The van der Waals surface area contributed by atoms with Crippen LogP contribution in [0.15, 0.2) is 41.0 Å². The Morgan fingerprint density at radius 3 is 2.82 bits per heavy atom. The third-order valence-electron chi connectivity index (χ3n) is 5.52. The molecule has 2 amide bonds. The van der Waals surface area contributed by atoms with Gasteiger partial charge in [-0.2, -0.15) is 13.2 Å². The van der Waals surface area contributed by atoms with Gasteiger partial charge < -0.3 is 18.6 Å². The molecule has 176 valence electrons. The molecule has 1 aliphatic rings. The second-order valence-electron chi connectivity index (χ2n) is 7.78. The molecule has 1 saturated heterocycles. The molecule has 4 rings (SSSR count). The summed E-state index contributed by atoms with van der Waals surface area (Å²) in [6, 6.07) is 6.67. The first kappa shape index (κ1) is 22.7. The van der Waals surface area contributed by atoms with Gasteiger partial charge in [0.25, 0.3) is 0 Å². The van der Waals surface area contributed by atoms with Crippen LogP contribution >= 0.6 is 0 Å². The fourth-order valence-electron chi connectivity index (χ4n) is 3.90. The van der Waals surface area contributed by atoms with Gasteiger partial charge in [-0.15, -0.1) is 0 Å². The molecule has 11 heteroatoms. The van der Waals surface area contributed by atoms with E-state index in [1.807, 2.05) is 0 Å². The molecule has 33 heavy (non-hydrogen) atoms. The van der Waals surface area contributed by atoms with E-state index in [9.17, 15) is 22.8 Å². The van der Waals surface area contributed by atoms with Crippen LogP contribution in [0.1, 0.15) is 31.1 Å². The first-order valence-corrected chi connectivity index (χ1v) is 10.6. The highest BCUT2D eigenvalue weighted by molar-refractivity contribution is 5.93. The van der Waals surface area contributed by atoms with Gasteiger partial charge in [0.2, 0.25) is 11.9 Å². The van der Waals surface area contributed by atoms with E-state index in [1.54, 1.807) is 23.6 Å². The number of hydrogen-bond donors (Lipinski definition) is 1. The zero-order valence-electron chi connectivity index (χ0n) is 17.9.